The van der Waals surface area contributed by atoms with E-state index in [1.165, 1.54) is 51.4 Å². The van der Waals surface area contributed by atoms with E-state index < -0.39 is 0 Å². The first-order valence-electron chi connectivity index (χ1n) is 10.9. The summed E-state index contributed by atoms with van der Waals surface area (Å²) in [6.45, 7) is 11.5. The second-order valence-electron chi connectivity index (χ2n) is 10.4. The van der Waals surface area contributed by atoms with Crippen molar-refractivity contribution in [3.63, 3.8) is 0 Å². The van der Waals surface area contributed by atoms with E-state index in [0.717, 1.165) is 31.0 Å². The summed E-state index contributed by atoms with van der Waals surface area (Å²) < 4.78 is 5.84. The van der Waals surface area contributed by atoms with Gasteiger partial charge in [0, 0.05) is 12.1 Å². The number of fused-ring (bicyclic) bond motifs is 1. The highest BCUT2D eigenvalue weighted by atomic mass is 16.5. The average Bonchev–Trinajstić information content (AvgIpc) is 2.51. The molecule has 3 nitrogen and oxygen atoms in total. The lowest BCUT2D eigenvalue weighted by Crippen LogP contribution is -2.74. The third kappa shape index (κ3) is 3.96. The standard InChI is InChI=1S/C21H41BN2O/c1-15(2)10-18-11-17-12-21(22,23)9-7-5-6-8-19(17)24(16(3)4)20(18)13-25-14-20/h15-19H,5-14,22-23H2,1-4H3. The minimum absolute atomic E-state index is 0.0128. The van der Waals surface area contributed by atoms with Gasteiger partial charge < -0.3 is 10.5 Å². The van der Waals surface area contributed by atoms with Crippen LogP contribution in [0.15, 0.2) is 0 Å². The molecule has 2 saturated heterocycles. The molecule has 3 aliphatic rings. The number of likely N-dealkylation sites (tertiary alicyclic amines) is 1. The molecular formula is C21H41BN2O. The molecule has 144 valence electrons. The van der Waals surface area contributed by atoms with Crippen molar-refractivity contribution in [2.45, 2.75) is 102 Å². The van der Waals surface area contributed by atoms with Crippen molar-refractivity contribution in [1.82, 2.24) is 4.90 Å². The van der Waals surface area contributed by atoms with Gasteiger partial charge in [-0.15, -0.1) is 0 Å². The Morgan fingerprint density at radius 3 is 2.44 bits per heavy atom. The highest BCUT2D eigenvalue weighted by molar-refractivity contribution is 6.15. The monoisotopic (exact) mass is 348 g/mol. The number of hydrogen-bond acceptors (Lipinski definition) is 3. The van der Waals surface area contributed by atoms with Gasteiger partial charge in [-0.25, -0.2) is 0 Å². The van der Waals surface area contributed by atoms with Gasteiger partial charge in [-0.2, -0.15) is 0 Å². The zero-order valence-electron chi connectivity index (χ0n) is 17.4. The second kappa shape index (κ2) is 7.52. The summed E-state index contributed by atoms with van der Waals surface area (Å²) in [5.41, 5.74) is 7.08. The van der Waals surface area contributed by atoms with Crippen molar-refractivity contribution in [3.05, 3.63) is 0 Å². The SMILES string of the molecule is BC1(N)CCCCCC2C(CC(CC(C)C)C3(COC3)N2C(C)C)C1. The minimum atomic E-state index is 0.0128. The molecule has 0 aromatic heterocycles. The number of nitrogens with zero attached hydrogens (tertiary/aromatic N) is 1. The van der Waals surface area contributed by atoms with Gasteiger partial charge in [-0.1, -0.05) is 33.1 Å². The summed E-state index contributed by atoms with van der Waals surface area (Å²) in [6.07, 6.45) is 10.5. The highest BCUT2D eigenvalue weighted by Gasteiger charge is 2.57. The van der Waals surface area contributed by atoms with Gasteiger partial charge in [0.15, 0.2) is 0 Å². The molecule has 2 aliphatic heterocycles. The average molecular weight is 348 g/mol. The van der Waals surface area contributed by atoms with Crippen LogP contribution in [0.2, 0.25) is 0 Å². The normalized spacial score (nSPS) is 39.6. The van der Waals surface area contributed by atoms with Crippen molar-refractivity contribution in [3.8, 4) is 0 Å². The fourth-order valence-electron chi connectivity index (χ4n) is 6.34. The van der Waals surface area contributed by atoms with Gasteiger partial charge in [0.25, 0.3) is 0 Å². The van der Waals surface area contributed by atoms with Crippen molar-refractivity contribution in [2.75, 3.05) is 13.2 Å². The van der Waals surface area contributed by atoms with Crippen molar-refractivity contribution in [2.24, 2.45) is 23.5 Å². The Morgan fingerprint density at radius 1 is 1.16 bits per heavy atom. The largest absolute Gasteiger partial charge is 0.377 e. The quantitative estimate of drug-likeness (QED) is 0.797. The fraction of sp³-hybridized carbons (Fsp3) is 1.00. The Kier molecular flexibility index (Phi) is 5.93. The topological polar surface area (TPSA) is 38.5 Å². The van der Waals surface area contributed by atoms with Crippen LogP contribution in [0, 0.1) is 17.8 Å². The van der Waals surface area contributed by atoms with Crippen LogP contribution in [0.3, 0.4) is 0 Å². The smallest absolute Gasteiger partial charge is 0.127 e. The molecule has 1 aliphatic carbocycles. The molecule has 4 heteroatoms. The van der Waals surface area contributed by atoms with Gasteiger partial charge in [-0.3, -0.25) is 4.90 Å². The summed E-state index contributed by atoms with van der Waals surface area (Å²) in [5.74, 6) is 2.28. The van der Waals surface area contributed by atoms with E-state index in [4.69, 9.17) is 10.5 Å². The lowest BCUT2D eigenvalue weighted by molar-refractivity contribution is -0.225. The first kappa shape index (κ1) is 19.7. The van der Waals surface area contributed by atoms with E-state index in [9.17, 15) is 0 Å². The molecule has 1 spiro atoms. The molecule has 0 aromatic carbocycles. The molecule has 0 amide bonds. The Balaban J connectivity index is 1.93. The summed E-state index contributed by atoms with van der Waals surface area (Å²) in [5, 5.41) is 0. The zero-order valence-corrected chi connectivity index (χ0v) is 17.4. The lowest BCUT2D eigenvalue weighted by Gasteiger charge is -2.64. The van der Waals surface area contributed by atoms with Crippen LogP contribution in [0.1, 0.15) is 79.1 Å². The van der Waals surface area contributed by atoms with Crippen LogP contribution in [-0.2, 0) is 4.74 Å². The minimum Gasteiger partial charge on any atom is -0.377 e. The highest BCUT2D eigenvalue weighted by Crippen LogP contribution is 2.50. The fourth-order valence-corrected chi connectivity index (χ4v) is 6.34. The summed E-state index contributed by atoms with van der Waals surface area (Å²) in [7, 11) is 2.31. The molecule has 3 rings (SSSR count). The van der Waals surface area contributed by atoms with E-state index in [1.807, 2.05) is 0 Å². The molecule has 4 unspecified atom stereocenters. The summed E-state index contributed by atoms with van der Waals surface area (Å²) in [6, 6.07) is 1.30. The second-order valence-corrected chi connectivity index (χ2v) is 10.4. The molecule has 2 N–H and O–H groups in total. The predicted molar refractivity (Wildman–Crippen MR) is 109 cm³/mol. The van der Waals surface area contributed by atoms with Gasteiger partial charge >= 0.3 is 0 Å². The van der Waals surface area contributed by atoms with Crippen LogP contribution in [0.25, 0.3) is 0 Å². The molecule has 3 fully saturated rings. The summed E-state index contributed by atoms with van der Waals surface area (Å²) >= 11 is 0. The Hall–Kier alpha value is -0.0551. The Bertz CT molecular complexity index is 447. The molecule has 2 heterocycles. The number of ether oxygens (including phenoxy) is 1. The maximum atomic E-state index is 6.76. The van der Waals surface area contributed by atoms with Crippen molar-refractivity contribution in [1.29, 1.82) is 0 Å². The van der Waals surface area contributed by atoms with Crippen LogP contribution < -0.4 is 5.73 Å². The van der Waals surface area contributed by atoms with E-state index in [-0.39, 0.29) is 5.44 Å². The summed E-state index contributed by atoms with van der Waals surface area (Å²) in [4.78, 5) is 2.92. The molecular weight excluding hydrogens is 307 g/mol. The van der Waals surface area contributed by atoms with E-state index in [2.05, 4.69) is 40.4 Å². The number of nitrogens with two attached hydrogens (primary N) is 1. The number of hydrogen-bond donors (Lipinski definition) is 1. The van der Waals surface area contributed by atoms with Crippen LogP contribution in [-0.4, -0.2) is 49.0 Å². The van der Waals surface area contributed by atoms with Crippen molar-refractivity contribution < 1.29 is 4.74 Å². The van der Waals surface area contributed by atoms with Crippen LogP contribution in [0.5, 0.6) is 0 Å². The zero-order chi connectivity index (χ0) is 18.2. The van der Waals surface area contributed by atoms with Gasteiger partial charge in [0.2, 0.25) is 0 Å². The predicted octanol–water partition coefficient (Wildman–Crippen LogP) is 3.16. The maximum absolute atomic E-state index is 6.76. The molecule has 25 heavy (non-hydrogen) atoms. The van der Waals surface area contributed by atoms with Crippen LogP contribution >= 0.6 is 0 Å². The number of piperidine rings is 1. The molecule has 0 bridgehead atoms. The van der Waals surface area contributed by atoms with Gasteiger partial charge in [-0.05, 0) is 69.1 Å². The maximum Gasteiger partial charge on any atom is 0.127 e. The van der Waals surface area contributed by atoms with Gasteiger partial charge in [0.05, 0.1) is 18.8 Å². The van der Waals surface area contributed by atoms with E-state index in [0.29, 0.717) is 17.6 Å². The van der Waals surface area contributed by atoms with Crippen molar-refractivity contribution >= 4 is 7.85 Å². The van der Waals surface area contributed by atoms with Crippen LogP contribution in [0.4, 0.5) is 0 Å². The number of rotatable bonds is 3. The molecule has 1 saturated carbocycles. The third-order valence-corrected chi connectivity index (χ3v) is 7.26. The molecule has 0 aromatic rings. The Morgan fingerprint density at radius 2 is 1.88 bits per heavy atom. The first-order valence-corrected chi connectivity index (χ1v) is 10.9. The van der Waals surface area contributed by atoms with E-state index in [1.54, 1.807) is 0 Å². The molecule has 4 atom stereocenters. The lowest BCUT2D eigenvalue weighted by atomic mass is 9.60. The molecule has 0 radical (unpaired) electrons. The third-order valence-electron chi connectivity index (χ3n) is 7.26. The Labute approximate surface area is 156 Å². The van der Waals surface area contributed by atoms with Gasteiger partial charge in [0.1, 0.15) is 7.85 Å². The first-order chi connectivity index (χ1) is 11.8. The van der Waals surface area contributed by atoms with E-state index >= 15 is 0 Å².